The molecule has 30 heavy (non-hydrogen) atoms. The van der Waals surface area contributed by atoms with Crippen LogP contribution < -0.4 is 4.57 Å². The second-order valence-corrected chi connectivity index (χ2v) is 8.49. The predicted molar refractivity (Wildman–Crippen MR) is 125 cm³/mol. The fourth-order valence-electron chi connectivity index (χ4n) is 3.97. The summed E-state index contributed by atoms with van der Waals surface area (Å²) < 4.78 is 2.02. The summed E-state index contributed by atoms with van der Waals surface area (Å²) in [6.07, 6.45) is 23.2. The Morgan fingerprint density at radius 3 is 1.97 bits per heavy atom. The third-order valence-electron chi connectivity index (χ3n) is 5.83. The summed E-state index contributed by atoms with van der Waals surface area (Å²) in [5, 5.41) is 0. The highest BCUT2D eigenvalue weighted by atomic mass is 16.1. The molecule has 0 saturated heterocycles. The number of ketones is 1. The molecule has 1 aromatic carbocycles. The van der Waals surface area contributed by atoms with E-state index < -0.39 is 0 Å². The monoisotopic (exact) mass is 409 g/mol. The fourth-order valence-corrected chi connectivity index (χ4v) is 3.97. The Morgan fingerprint density at radius 2 is 1.37 bits per heavy atom. The average Bonchev–Trinajstić information content (AvgIpc) is 2.78. The van der Waals surface area contributed by atoms with Crippen LogP contribution in [0.25, 0.3) is 0 Å². The maximum absolute atomic E-state index is 12.7. The Balaban J connectivity index is 1.55. The van der Waals surface area contributed by atoms with Crippen molar-refractivity contribution in [2.24, 2.45) is 0 Å². The predicted octanol–water partition coefficient (Wildman–Crippen LogP) is 7.08. The van der Waals surface area contributed by atoms with Crippen LogP contribution in [0.4, 0.5) is 0 Å². The summed E-state index contributed by atoms with van der Waals surface area (Å²) >= 11 is 0. The summed E-state index contributed by atoms with van der Waals surface area (Å²) in [5.41, 5.74) is 1.92. The molecule has 0 aliphatic carbocycles. The van der Waals surface area contributed by atoms with Gasteiger partial charge in [0.05, 0.1) is 6.20 Å². The van der Waals surface area contributed by atoms with E-state index in [-0.39, 0.29) is 5.78 Å². The van der Waals surface area contributed by atoms with Crippen molar-refractivity contribution in [2.75, 3.05) is 0 Å². The van der Waals surface area contributed by atoms with Crippen LogP contribution >= 0.6 is 0 Å². The van der Waals surface area contributed by atoms with E-state index in [0.29, 0.717) is 13.0 Å². The summed E-state index contributed by atoms with van der Waals surface area (Å²) in [4.78, 5) is 16.9. The van der Waals surface area contributed by atoms with Crippen molar-refractivity contribution in [1.82, 2.24) is 4.98 Å². The lowest BCUT2D eigenvalue weighted by molar-refractivity contribution is -0.690. The Bertz CT molecular complexity index is 699. The van der Waals surface area contributed by atoms with Gasteiger partial charge in [-0.15, -0.1) is 0 Å². The first-order chi connectivity index (χ1) is 14.8. The zero-order valence-electron chi connectivity index (χ0n) is 19.0. The molecule has 164 valence electrons. The van der Waals surface area contributed by atoms with Crippen molar-refractivity contribution in [2.45, 2.75) is 103 Å². The molecule has 3 heteroatoms. The van der Waals surface area contributed by atoms with Gasteiger partial charge in [-0.2, -0.15) is 4.57 Å². The van der Waals surface area contributed by atoms with Crippen molar-refractivity contribution >= 4 is 5.78 Å². The Labute approximate surface area is 184 Å². The molecular formula is C27H41N2O+. The zero-order valence-corrected chi connectivity index (χ0v) is 19.0. The zero-order chi connectivity index (χ0) is 21.3. The first-order valence-corrected chi connectivity index (χ1v) is 12.2. The minimum absolute atomic E-state index is 0.210. The SMILES string of the molecule is CCCCCCCCCCCCCCCC(=O)c1cncc[n+]1Cc1ccccc1. The molecule has 1 aromatic heterocycles. The van der Waals surface area contributed by atoms with Gasteiger partial charge in [0.25, 0.3) is 5.69 Å². The molecule has 0 atom stereocenters. The number of rotatable bonds is 17. The van der Waals surface area contributed by atoms with E-state index >= 15 is 0 Å². The van der Waals surface area contributed by atoms with Gasteiger partial charge in [-0.25, -0.2) is 0 Å². The van der Waals surface area contributed by atoms with E-state index in [4.69, 9.17) is 0 Å². The quantitative estimate of drug-likeness (QED) is 0.159. The van der Waals surface area contributed by atoms with Gasteiger partial charge in [-0.1, -0.05) is 114 Å². The second-order valence-electron chi connectivity index (χ2n) is 8.49. The van der Waals surface area contributed by atoms with Crippen molar-refractivity contribution in [3.63, 3.8) is 0 Å². The first kappa shape index (κ1) is 24.2. The summed E-state index contributed by atoms with van der Waals surface area (Å²) in [5.74, 6) is 0.210. The van der Waals surface area contributed by atoms with Gasteiger partial charge in [0, 0.05) is 12.0 Å². The maximum atomic E-state index is 12.7. The molecule has 1 heterocycles. The lowest BCUT2D eigenvalue weighted by Gasteiger charge is -2.04. The Morgan fingerprint density at radius 1 is 0.800 bits per heavy atom. The molecule has 0 amide bonds. The third kappa shape index (κ3) is 10.1. The van der Waals surface area contributed by atoms with Gasteiger partial charge in [0.1, 0.15) is 6.20 Å². The highest BCUT2D eigenvalue weighted by Crippen LogP contribution is 2.13. The van der Waals surface area contributed by atoms with Crippen LogP contribution in [-0.4, -0.2) is 10.8 Å². The highest BCUT2D eigenvalue weighted by Gasteiger charge is 2.18. The molecule has 0 fully saturated rings. The van der Waals surface area contributed by atoms with E-state index in [1.807, 2.05) is 29.0 Å². The summed E-state index contributed by atoms with van der Waals surface area (Å²) in [7, 11) is 0. The van der Waals surface area contributed by atoms with Crippen molar-refractivity contribution in [3.8, 4) is 0 Å². The van der Waals surface area contributed by atoms with Crippen LogP contribution in [0.1, 0.15) is 113 Å². The van der Waals surface area contributed by atoms with Crippen LogP contribution in [0.15, 0.2) is 48.9 Å². The number of benzene rings is 1. The minimum atomic E-state index is 0.210. The van der Waals surface area contributed by atoms with E-state index in [0.717, 1.165) is 18.5 Å². The number of carbonyl (C=O) groups is 1. The van der Waals surface area contributed by atoms with E-state index in [9.17, 15) is 4.79 Å². The topological polar surface area (TPSA) is 33.8 Å². The molecule has 0 radical (unpaired) electrons. The molecule has 0 saturated carbocycles. The molecule has 2 rings (SSSR count). The molecule has 0 unspecified atom stereocenters. The van der Waals surface area contributed by atoms with Crippen LogP contribution in [-0.2, 0) is 6.54 Å². The lowest BCUT2D eigenvalue weighted by atomic mass is 10.0. The standard InChI is InChI=1S/C27H41N2O/c1-2-3-4-5-6-7-8-9-10-11-12-13-17-20-27(30)26-23-28-21-22-29(26)24-25-18-15-14-16-19-25/h14-16,18-19,21-23H,2-13,17,20,24H2,1H3/q+1. The normalized spacial score (nSPS) is 11.0. The van der Waals surface area contributed by atoms with Crippen molar-refractivity contribution < 1.29 is 9.36 Å². The minimum Gasteiger partial charge on any atom is -0.287 e. The molecule has 0 aliphatic heterocycles. The first-order valence-electron chi connectivity index (χ1n) is 12.2. The molecule has 0 aliphatic rings. The smallest absolute Gasteiger partial charge is 0.267 e. The largest absolute Gasteiger partial charge is 0.287 e. The molecule has 0 bridgehead atoms. The van der Waals surface area contributed by atoms with E-state index in [1.54, 1.807) is 12.4 Å². The number of aromatic nitrogens is 2. The van der Waals surface area contributed by atoms with E-state index in [1.165, 1.54) is 76.2 Å². The number of nitrogens with zero attached hydrogens (tertiary/aromatic N) is 2. The number of unbranched alkanes of at least 4 members (excludes halogenated alkanes) is 12. The van der Waals surface area contributed by atoms with Crippen LogP contribution in [0, 0.1) is 0 Å². The van der Waals surface area contributed by atoms with Crippen molar-refractivity contribution in [3.05, 3.63) is 60.2 Å². The fraction of sp³-hybridized carbons (Fsp3) is 0.593. The third-order valence-corrected chi connectivity index (χ3v) is 5.83. The Hall–Kier alpha value is -2.03. The number of hydrogen-bond acceptors (Lipinski definition) is 2. The van der Waals surface area contributed by atoms with Gasteiger partial charge < -0.3 is 0 Å². The van der Waals surface area contributed by atoms with Gasteiger partial charge in [-0.3, -0.25) is 9.78 Å². The summed E-state index contributed by atoms with van der Waals surface area (Å²) in [6.45, 7) is 2.99. The molecule has 3 nitrogen and oxygen atoms in total. The van der Waals surface area contributed by atoms with Crippen LogP contribution in [0.2, 0.25) is 0 Å². The molecule has 0 spiro atoms. The second kappa shape index (κ2) is 15.8. The number of hydrogen-bond donors (Lipinski definition) is 0. The Kier molecular flexibility index (Phi) is 12.7. The van der Waals surface area contributed by atoms with Gasteiger partial charge in [-0.05, 0) is 6.42 Å². The van der Waals surface area contributed by atoms with Crippen LogP contribution in [0.5, 0.6) is 0 Å². The van der Waals surface area contributed by atoms with Gasteiger partial charge in [0.2, 0.25) is 5.78 Å². The molecular weight excluding hydrogens is 368 g/mol. The average molecular weight is 410 g/mol. The molecule has 0 N–H and O–H groups in total. The number of Topliss-reactive ketones (excluding diaryl/α,β-unsaturated/α-hetero) is 1. The van der Waals surface area contributed by atoms with Crippen LogP contribution in [0.3, 0.4) is 0 Å². The van der Waals surface area contributed by atoms with Gasteiger partial charge in [0.15, 0.2) is 12.7 Å². The molecule has 2 aromatic rings. The maximum Gasteiger partial charge on any atom is 0.267 e. The van der Waals surface area contributed by atoms with E-state index in [2.05, 4.69) is 24.0 Å². The van der Waals surface area contributed by atoms with Gasteiger partial charge >= 0.3 is 0 Å². The lowest BCUT2D eigenvalue weighted by Crippen LogP contribution is -2.40. The highest BCUT2D eigenvalue weighted by molar-refractivity contribution is 5.92. The van der Waals surface area contributed by atoms with Crippen molar-refractivity contribution in [1.29, 1.82) is 0 Å². The summed E-state index contributed by atoms with van der Waals surface area (Å²) in [6, 6.07) is 10.3. The number of carbonyl (C=O) groups excluding carboxylic acids is 1.